The van der Waals surface area contributed by atoms with Crippen LogP contribution in [0.2, 0.25) is 0 Å². The van der Waals surface area contributed by atoms with E-state index in [1.165, 1.54) is 0 Å². The predicted octanol–water partition coefficient (Wildman–Crippen LogP) is 6.18. The first-order valence-corrected chi connectivity index (χ1v) is 17.7. The SMILES string of the molecule is O=CCC1(N2CCC(N3CCC(O)CC3)CC2)CC(N2CCc3ccccc3NC2=O)CC[N@+]1(Cc1cc(C(F)(F)F)cc(C(F)(F)F)c1)C(=O)O. The van der Waals surface area contributed by atoms with Gasteiger partial charge in [-0.3, -0.25) is 4.90 Å². The Morgan fingerprint density at radius 2 is 1.54 bits per heavy atom. The number of urea groups is 1. The number of halogens is 6. The van der Waals surface area contributed by atoms with Gasteiger partial charge < -0.3 is 30.1 Å². The Labute approximate surface area is 297 Å². The highest BCUT2D eigenvalue weighted by Gasteiger charge is 2.64. The van der Waals surface area contributed by atoms with Crippen LogP contribution in [0.1, 0.15) is 67.2 Å². The molecule has 3 amide bonds. The lowest BCUT2D eigenvalue weighted by molar-refractivity contribution is -0.942. The number of quaternary nitrogens is 1. The lowest BCUT2D eigenvalue weighted by Crippen LogP contribution is -2.78. The predicted molar refractivity (Wildman–Crippen MR) is 177 cm³/mol. The average molecular weight is 741 g/mol. The maximum atomic E-state index is 14.0. The molecule has 0 radical (unpaired) electrons. The number of hydrogen-bond acceptors (Lipinski definition) is 6. The number of aliphatic hydroxyl groups excluding tert-OH is 1. The molecule has 0 saturated carbocycles. The quantitative estimate of drug-likeness (QED) is 0.177. The Morgan fingerprint density at radius 3 is 2.13 bits per heavy atom. The lowest BCUT2D eigenvalue weighted by Gasteiger charge is -2.59. The van der Waals surface area contributed by atoms with Gasteiger partial charge in [0, 0.05) is 68.9 Å². The minimum absolute atomic E-state index is 0.0137. The molecular formula is C36H44F6N5O5+. The molecule has 284 valence electrons. The van der Waals surface area contributed by atoms with Gasteiger partial charge in [-0.25, -0.2) is 9.28 Å². The van der Waals surface area contributed by atoms with Gasteiger partial charge in [-0.2, -0.15) is 31.1 Å². The minimum Gasteiger partial charge on any atom is -0.435 e. The normalized spacial score (nSPS) is 27.5. The van der Waals surface area contributed by atoms with Crippen LogP contribution in [-0.2, 0) is 30.1 Å². The third-order valence-corrected chi connectivity index (χ3v) is 11.7. The van der Waals surface area contributed by atoms with E-state index in [-0.39, 0.29) is 50.6 Å². The maximum Gasteiger partial charge on any atom is 0.515 e. The molecule has 4 heterocycles. The van der Waals surface area contributed by atoms with Crippen molar-refractivity contribution in [3.05, 3.63) is 64.7 Å². The zero-order valence-electron chi connectivity index (χ0n) is 28.6. The Morgan fingerprint density at radius 1 is 0.904 bits per heavy atom. The molecule has 0 aliphatic carbocycles. The van der Waals surface area contributed by atoms with Gasteiger partial charge in [0.25, 0.3) is 0 Å². The molecule has 0 spiro atoms. The number of alkyl halides is 6. The van der Waals surface area contributed by atoms with E-state index in [1.807, 2.05) is 17.0 Å². The number of carboxylic acid groups (broad SMARTS) is 1. The number of nitrogens with one attached hydrogen (secondary N) is 1. The molecule has 2 unspecified atom stereocenters. The highest BCUT2D eigenvalue weighted by atomic mass is 19.4. The monoisotopic (exact) mass is 740 g/mol. The Kier molecular flexibility index (Phi) is 10.7. The molecule has 3 N–H and O–H groups in total. The van der Waals surface area contributed by atoms with Crippen molar-refractivity contribution >= 4 is 24.1 Å². The van der Waals surface area contributed by atoms with E-state index >= 15 is 0 Å². The molecule has 10 nitrogen and oxygen atoms in total. The van der Waals surface area contributed by atoms with Gasteiger partial charge in [-0.05, 0) is 61.9 Å². The van der Waals surface area contributed by atoms with Crippen molar-refractivity contribution in [3.63, 3.8) is 0 Å². The number of nitrogens with zero attached hydrogens (tertiary/aromatic N) is 4. The Balaban J connectivity index is 1.40. The van der Waals surface area contributed by atoms with Crippen molar-refractivity contribution < 1.29 is 55.4 Å². The van der Waals surface area contributed by atoms with Crippen molar-refractivity contribution in [1.82, 2.24) is 14.7 Å². The van der Waals surface area contributed by atoms with Crippen LogP contribution in [0, 0.1) is 0 Å². The largest absolute Gasteiger partial charge is 0.515 e. The number of aliphatic hydroxyl groups is 1. The minimum atomic E-state index is -5.14. The lowest BCUT2D eigenvalue weighted by atomic mass is 9.81. The van der Waals surface area contributed by atoms with Crippen LogP contribution in [0.5, 0.6) is 0 Å². The van der Waals surface area contributed by atoms with Crippen molar-refractivity contribution in [2.75, 3.05) is 44.6 Å². The summed E-state index contributed by atoms with van der Waals surface area (Å²) in [7, 11) is 0. The highest BCUT2D eigenvalue weighted by molar-refractivity contribution is 5.91. The number of aldehydes is 1. The van der Waals surface area contributed by atoms with Gasteiger partial charge in [0.15, 0.2) is 5.66 Å². The first-order chi connectivity index (χ1) is 24.6. The van der Waals surface area contributed by atoms with E-state index in [0.717, 1.165) is 5.56 Å². The molecule has 3 fully saturated rings. The summed E-state index contributed by atoms with van der Waals surface area (Å²) in [6.45, 7) is 1.27. The fraction of sp³-hybridized carbons (Fsp3) is 0.583. The number of para-hydroxylation sites is 1. The summed E-state index contributed by atoms with van der Waals surface area (Å²) >= 11 is 0. The zero-order valence-corrected chi connectivity index (χ0v) is 28.6. The fourth-order valence-electron chi connectivity index (χ4n) is 9.04. The van der Waals surface area contributed by atoms with Crippen molar-refractivity contribution in [2.45, 2.75) is 94.1 Å². The van der Waals surface area contributed by atoms with Gasteiger partial charge in [0.05, 0.1) is 30.2 Å². The van der Waals surface area contributed by atoms with Crippen LogP contribution in [0.4, 0.5) is 41.6 Å². The number of rotatable bonds is 7. The third-order valence-electron chi connectivity index (χ3n) is 11.7. The van der Waals surface area contributed by atoms with E-state index in [9.17, 15) is 50.9 Å². The molecule has 52 heavy (non-hydrogen) atoms. The number of carbonyl (C=O) groups is 3. The van der Waals surface area contributed by atoms with Gasteiger partial charge in [0.2, 0.25) is 0 Å². The van der Waals surface area contributed by atoms with Crippen LogP contribution in [0.3, 0.4) is 0 Å². The van der Waals surface area contributed by atoms with Crippen LogP contribution in [0.25, 0.3) is 0 Å². The van der Waals surface area contributed by atoms with Crippen LogP contribution in [-0.4, -0.2) is 111 Å². The van der Waals surface area contributed by atoms with Crippen LogP contribution < -0.4 is 5.32 Å². The number of benzene rings is 2. The van der Waals surface area contributed by atoms with Gasteiger partial charge >= 0.3 is 24.5 Å². The van der Waals surface area contributed by atoms with Gasteiger partial charge in [-0.15, -0.1) is 0 Å². The third kappa shape index (κ3) is 7.39. The van der Waals surface area contributed by atoms with E-state index in [0.29, 0.717) is 82.4 Å². The molecule has 0 bridgehead atoms. The molecule has 4 aliphatic heterocycles. The number of carbonyl (C=O) groups excluding carboxylic acids is 2. The second-order valence-electron chi connectivity index (χ2n) is 14.6. The van der Waals surface area contributed by atoms with Crippen LogP contribution in [0.15, 0.2) is 42.5 Å². The molecule has 2 aromatic carbocycles. The Hall–Kier alpha value is -3.73. The first-order valence-electron chi connectivity index (χ1n) is 17.7. The number of likely N-dealkylation sites (tertiary alicyclic amines) is 3. The van der Waals surface area contributed by atoms with Gasteiger partial charge in [-0.1, -0.05) is 18.2 Å². The van der Waals surface area contributed by atoms with E-state index < -0.39 is 63.9 Å². The number of piperidine rings is 3. The highest BCUT2D eigenvalue weighted by Crippen LogP contribution is 2.47. The van der Waals surface area contributed by atoms with Gasteiger partial charge in [0.1, 0.15) is 12.8 Å². The topological polar surface area (TPSA) is 113 Å². The summed E-state index contributed by atoms with van der Waals surface area (Å²) in [5.41, 5.74) is -3.65. The molecule has 3 saturated heterocycles. The molecule has 16 heteroatoms. The number of fused-ring (bicyclic) bond motifs is 1. The van der Waals surface area contributed by atoms with Crippen LogP contribution >= 0.6 is 0 Å². The molecule has 3 atom stereocenters. The second kappa shape index (κ2) is 14.6. The summed E-state index contributed by atoms with van der Waals surface area (Å²) in [5, 5.41) is 24.1. The molecular weight excluding hydrogens is 696 g/mol. The number of amides is 3. The molecule has 0 aromatic heterocycles. The smallest absolute Gasteiger partial charge is 0.435 e. The number of hydrogen-bond donors (Lipinski definition) is 3. The first kappa shape index (κ1) is 38.0. The van der Waals surface area contributed by atoms with Crippen molar-refractivity contribution in [3.8, 4) is 0 Å². The number of anilines is 1. The molecule has 6 rings (SSSR count). The fourth-order valence-corrected chi connectivity index (χ4v) is 9.04. The van der Waals surface area contributed by atoms with E-state index in [1.54, 1.807) is 17.0 Å². The summed E-state index contributed by atoms with van der Waals surface area (Å²) in [6, 6.07) is 7.55. The van der Waals surface area contributed by atoms with E-state index in [2.05, 4.69) is 10.2 Å². The zero-order chi connectivity index (χ0) is 37.5. The second-order valence-corrected chi connectivity index (χ2v) is 14.6. The van der Waals surface area contributed by atoms with Crippen molar-refractivity contribution in [2.24, 2.45) is 0 Å². The van der Waals surface area contributed by atoms with Crippen molar-refractivity contribution in [1.29, 1.82) is 0 Å². The summed E-state index contributed by atoms with van der Waals surface area (Å²) < 4.78 is 82.8. The summed E-state index contributed by atoms with van der Waals surface area (Å²) in [6.07, 6.45) is -9.04. The molecule has 2 aromatic rings. The standard InChI is InChI=1S/C36H43F6N5O5/c37-35(38,39)26-19-24(20-27(21-26)36(40,41)42)23-47(33(51)52)17-10-29(46-16-5-25-3-1-2-4-31(25)43-32(46)50)22-34(47,11-18-48)45-14-6-28(7-15-45)44-12-8-30(49)9-13-44/h1-4,18-21,28-30,49H,5-17,22-23H2,(H-,43,50,51,52)/p+1/t29?,34?,47-/m0/s1. The maximum absolute atomic E-state index is 14.0. The summed E-state index contributed by atoms with van der Waals surface area (Å²) in [4.78, 5) is 45.9. The van der Waals surface area contributed by atoms with E-state index in [4.69, 9.17) is 0 Å². The summed E-state index contributed by atoms with van der Waals surface area (Å²) in [5.74, 6) is 0. The Bertz CT molecular complexity index is 1610. The average Bonchev–Trinajstić information content (AvgIpc) is 3.26. The molecule has 4 aliphatic rings.